The van der Waals surface area contributed by atoms with E-state index in [2.05, 4.69) is 0 Å². The average Bonchev–Trinajstić information content (AvgIpc) is 2.33. The van der Waals surface area contributed by atoms with Crippen LogP contribution in [0.4, 0.5) is 0 Å². The highest BCUT2D eigenvalue weighted by molar-refractivity contribution is 5.91. The summed E-state index contributed by atoms with van der Waals surface area (Å²) < 4.78 is 9.95. The van der Waals surface area contributed by atoms with Gasteiger partial charge in [-0.2, -0.15) is 0 Å². The second-order valence-electron chi connectivity index (χ2n) is 5.26. The first-order valence-electron chi connectivity index (χ1n) is 6.46. The number of esters is 2. The Kier molecular flexibility index (Phi) is 5.97. The van der Waals surface area contributed by atoms with Gasteiger partial charge in [-0.1, -0.05) is 36.4 Å². The second-order valence-corrected chi connectivity index (χ2v) is 5.26. The molecule has 0 aliphatic carbocycles. The molecule has 1 aromatic carbocycles. The lowest BCUT2D eigenvalue weighted by atomic mass is 10.2. The van der Waals surface area contributed by atoms with Crippen molar-refractivity contribution in [3.63, 3.8) is 0 Å². The van der Waals surface area contributed by atoms with Gasteiger partial charge in [-0.15, -0.1) is 0 Å². The zero-order valence-corrected chi connectivity index (χ0v) is 12.1. The molecule has 0 N–H and O–H groups in total. The SMILES string of the molecule is CC(C)(C)OC(=O)CC(=O)OC/C=C\c1ccccc1. The minimum Gasteiger partial charge on any atom is -0.461 e. The van der Waals surface area contributed by atoms with Crippen molar-refractivity contribution in [2.45, 2.75) is 32.8 Å². The number of hydrogen-bond acceptors (Lipinski definition) is 4. The molecule has 0 unspecified atom stereocenters. The van der Waals surface area contributed by atoms with Crippen LogP contribution in [0.15, 0.2) is 36.4 Å². The fourth-order valence-electron chi connectivity index (χ4n) is 1.44. The third kappa shape index (κ3) is 7.36. The molecular weight excluding hydrogens is 256 g/mol. The summed E-state index contributed by atoms with van der Waals surface area (Å²) in [5.74, 6) is -1.16. The number of carbonyl (C=O) groups excluding carboxylic acids is 2. The number of benzene rings is 1. The molecule has 4 heteroatoms. The molecule has 0 atom stereocenters. The van der Waals surface area contributed by atoms with Crippen LogP contribution in [0, 0.1) is 0 Å². The Morgan fingerprint density at radius 3 is 2.35 bits per heavy atom. The summed E-state index contributed by atoms with van der Waals surface area (Å²) in [7, 11) is 0. The summed E-state index contributed by atoms with van der Waals surface area (Å²) >= 11 is 0. The summed E-state index contributed by atoms with van der Waals surface area (Å²) in [5.41, 5.74) is 0.431. The number of hydrogen-bond donors (Lipinski definition) is 0. The normalized spacial score (nSPS) is 11.3. The molecule has 108 valence electrons. The minimum absolute atomic E-state index is 0.135. The van der Waals surface area contributed by atoms with E-state index in [-0.39, 0.29) is 13.0 Å². The third-order valence-electron chi connectivity index (χ3n) is 2.16. The third-order valence-corrected chi connectivity index (χ3v) is 2.16. The van der Waals surface area contributed by atoms with Crippen LogP contribution in [0.25, 0.3) is 6.08 Å². The molecule has 0 saturated heterocycles. The van der Waals surface area contributed by atoms with Crippen LogP contribution < -0.4 is 0 Å². The van der Waals surface area contributed by atoms with E-state index in [0.717, 1.165) is 5.56 Å². The Hall–Kier alpha value is -2.10. The van der Waals surface area contributed by atoms with Crippen LogP contribution >= 0.6 is 0 Å². The molecule has 0 saturated carbocycles. The molecule has 0 aliphatic rings. The van der Waals surface area contributed by atoms with E-state index in [0.29, 0.717) is 0 Å². The van der Waals surface area contributed by atoms with Crippen molar-refractivity contribution in [1.29, 1.82) is 0 Å². The van der Waals surface area contributed by atoms with Gasteiger partial charge >= 0.3 is 11.9 Å². The Morgan fingerprint density at radius 2 is 1.75 bits per heavy atom. The van der Waals surface area contributed by atoms with Gasteiger partial charge in [0.1, 0.15) is 18.6 Å². The van der Waals surface area contributed by atoms with Crippen LogP contribution in [0.3, 0.4) is 0 Å². The Bertz CT molecular complexity index is 469. The molecule has 0 radical (unpaired) electrons. The molecule has 4 nitrogen and oxygen atoms in total. The lowest BCUT2D eigenvalue weighted by Gasteiger charge is -2.18. The van der Waals surface area contributed by atoms with E-state index in [1.807, 2.05) is 36.4 Å². The van der Waals surface area contributed by atoms with E-state index >= 15 is 0 Å². The molecule has 20 heavy (non-hydrogen) atoms. The monoisotopic (exact) mass is 276 g/mol. The van der Waals surface area contributed by atoms with Crippen LogP contribution in [0.5, 0.6) is 0 Å². The topological polar surface area (TPSA) is 52.6 Å². The van der Waals surface area contributed by atoms with Crippen LogP contribution in [-0.4, -0.2) is 24.1 Å². The standard InChI is InChI=1S/C16H20O4/c1-16(2,3)20-15(18)12-14(17)19-11-7-10-13-8-5-4-6-9-13/h4-10H,11-12H2,1-3H3/b10-7-. The van der Waals surface area contributed by atoms with Crippen molar-refractivity contribution in [2.24, 2.45) is 0 Å². The Balaban J connectivity index is 2.27. The highest BCUT2D eigenvalue weighted by atomic mass is 16.6. The Morgan fingerprint density at radius 1 is 1.10 bits per heavy atom. The summed E-state index contributed by atoms with van der Waals surface area (Å²) in [4.78, 5) is 22.8. The van der Waals surface area contributed by atoms with Crippen molar-refractivity contribution >= 4 is 18.0 Å². The fraction of sp³-hybridized carbons (Fsp3) is 0.375. The van der Waals surface area contributed by atoms with Crippen LogP contribution in [0.2, 0.25) is 0 Å². The predicted molar refractivity (Wildman–Crippen MR) is 76.9 cm³/mol. The number of rotatable bonds is 5. The highest BCUT2D eigenvalue weighted by Gasteiger charge is 2.19. The average molecular weight is 276 g/mol. The van der Waals surface area contributed by atoms with Gasteiger partial charge in [0.05, 0.1) is 0 Å². The van der Waals surface area contributed by atoms with Crippen molar-refractivity contribution < 1.29 is 19.1 Å². The predicted octanol–water partition coefficient (Wildman–Crippen LogP) is 2.97. The van der Waals surface area contributed by atoms with Gasteiger partial charge in [0, 0.05) is 0 Å². The first kappa shape index (κ1) is 16.0. The van der Waals surface area contributed by atoms with E-state index in [9.17, 15) is 9.59 Å². The van der Waals surface area contributed by atoms with E-state index in [1.54, 1.807) is 26.8 Å². The summed E-state index contributed by atoms with van der Waals surface area (Å²) in [6, 6.07) is 9.67. The van der Waals surface area contributed by atoms with Crippen molar-refractivity contribution in [2.75, 3.05) is 6.61 Å². The van der Waals surface area contributed by atoms with Gasteiger partial charge in [-0.25, -0.2) is 0 Å². The van der Waals surface area contributed by atoms with Crippen molar-refractivity contribution in [3.8, 4) is 0 Å². The first-order valence-corrected chi connectivity index (χ1v) is 6.46. The largest absolute Gasteiger partial charge is 0.461 e. The molecular formula is C16H20O4. The zero-order valence-electron chi connectivity index (χ0n) is 12.1. The van der Waals surface area contributed by atoms with Gasteiger partial charge in [-0.3, -0.25) is 9.59 Å². The second kappa shape index (κ2) is 7.48. The zero-order chi connectivity index (χ0) is 15.0. The lowest BCUT2D eigenvalue weighted by Crippen LogP contribution is -2.25. The highest BCUT2D eigenvalue weighted by Crippen LogP contribution is 2.08. The first-order chi connectivity index (χ1) is 9.37. The molecule has 1 rings (SSSR count). The van der Waals surface area contributed by atoms with Gasteiger partial charge in [0.15, 0.2) is 0 Å². The summed E-state index contributed by atoms with van der Waals surface area (Å²) in [5, 5.41) is 0. The quantitative estimate of drug-likeness (QED) is 0.613. The Labute approximate surface area is 119 Å². The summed E-state index contributed by atoms with van der Waals surface area (Å²) in [6.07, 6.45) is 3.21. The maximum Gasteiger partial charge on any atom is 0.317 e. The van der Waals surface area contributed by atoms with Crippen LogP contribution in [-0.2, 0) is 19.1 Å². The molecule has 0 bridgehead atoms. The number of carbonyl (C=O) groups is 2. The fourth-order valence-corrected chi connectivity index (χ4v) is 1.44. The van der Waals surface area contributed by atoms with Gasteiger partial charge in [0.2, 0.25) is 0 Å². The molecule has 1 aromatic rings. The molecule has 0 amide bonds. The van der Waals surface area contributed by atoms with Gasteiger partial charge < -0.3 is 9.47 Å². The minimum atomic E-state index is -0.593. The molecule has 0 fully saturated rings. The smallest absolute Gasteiger partial charge is 0.317 e. The lowest BCUT2D eigenvalue weighted by molar-refractivity contribution is -0.161. The number of ether oxygens (including phenoxy) is 2. The van der Waals surface area contributed by atoms with Crippen molar-refractivity contribution in [3.05, 3.63) is 42.0 Å². The molecule has 0 spiro atoms. The van der Waals surface area contributed by atoms with Crippen LogP contribution in [0.1, 0.15) is 32.8 Å². The molecule has 0 heterocycles. The van der Waals surface area contributed by atoms with Gasteiger partial charge in [0.25, 0.3) is 0 Å². The maximum absolute atomic E-state index is 11.4. The molecule has 0 aliphatic heterocycles. The summed E-state index contributed by atoms with van der Waals surface area (Å²) in [6.45, 7) is 5.38. The maximum atomic E-state index is 11.4. The van der Waals surface area contributed by atoms with Gasteiger partial charge in [-0.05, 0) is 32.4 Å². The van der Waals surface area contributed by atoms with E-state index in [4.69, 9.17) is 9.47 Å². The molecule has 0 aromatic heterocycles. The van der Waals surface area contributed by atoms with Crippen molar-refractivity contribution in [1.82, 2.24) is 0 Å². The van der Waals surface area contributed by atoms with E-state index in [1.165, 1.54) is 0 Å². The van der Waals surface area contributed by atoms with E-state index < -0.39 is 17.5 Å².